The number of hydrogen-bond acceptors (Lipinski definition) is 3. The normalized spacial score (nSPS) is 18.8. The van der Waals surface area contributed by atoms with Crippen LogP contribution in [0.2, 0.25) is 0 Å². The summed E-state index contributed by atoms with van der Waals surface area (Å²) >= 11 is 0. The van der Waals surface area contributed by atoms with Crippen molar-refractivity contribution < 1.29 is 9.84 Å². The summed E-state index contributed by atoms with van der Waals surface area (Å²) in [6.45, 7) is 4.63. The Morgan fingerprint density at radius 1 is 1.47 bits per heavy atom. The number of aryl methyl sites for hydroxylation is 1. The minimum absolute atomic E-state index is 0.0926. The summed E-state index contributed by atoms with van der Waals surface area (Å²) in [5, 5.41) is 12.9. The van der Waals surface area contributed by atoms with E-state index in [4.69, 9.17) is 4.74 Å². The number of rotatable bonds is 6. The van der Waals surface area contributed by atoms with Crippen molar-refractivity contribution in [1.29, 1.82) is 0 Å². The Bertz CT molecular complexity index is 376. The lowest BCUT2D eigenvalue weighted by atomic mass is 10.1. The summed E-state index contributed by atoms with van der Waals surface area (Å²) < 4.78 is 5.75. The predicted octanol–water partition coefficient (Wildman–Crippen LogP) is 1.88. The molecule has 3 nitrogen and oxygen atoms in total. The SMILES string of the molecule is Cc1cccc(OCC(C)(CO)NC2CC2)c1. The van der Waals surface area contributed by atoms with Crippen LogP contribution in [-0.2, 0) is 0 Å². The Kier molecular flexibility index (Phi) is 3.69. The Morgan fingerprint density at radius 3 is 2.82 bits per heavy atom. The third kappa shape index (κ3) is 3.72. The summed E-state index contributed by atoms with van der Waals surface area (Å²) in [6, 6.07) is 8.54. The third-order valence-electron chi connectivity index (χ3n) is 3.03. The maximum absolute atomic E-state index is 9.45. The fourth-order valence-corrected chi connectivity index (χ4v) is 1.80. The van der Waals surface area contributed by atoms with Crippen LogP contribution in [0.5, 0.6) is 5.75 Å². The van der Waals surface area contributed by atoms with Gasteiger partial charge in [-0.2, -0.15) is 0 Å². The first kappa shape index (κ1) is 12.4. The maximum atomic E-state index is 9.45. The number of aliphatic hydroxyl groups excluding tert-OH is 1. The number of hydrogen-bond donors (Lipinski definition) is 2. The van der Waals surface area contributed by atoms with Crippen molar-refractivity contribution in [2.45, 2.75) is 38.3 Å². The van der Waals surface area contributed by atoms with Gasteiger partial charge in [0.15, 0.2) is 0 Å². The monoisotopic (exact) mass is 235 g/mol. The zero-order valence-corrected chi connectivity index (χ0v) is 10.6. The second-order valence-electron chi connectivity index (χ2n) is 5.24. The average molecular weight is 235 g/mol. The molecule has 1 fully saturated rings. The molecular weight excluding hydrogens is 214 g/mol. The highest BCUT2D eigenvalue weighted by molar-refractivity contribution is 5.27. The van der Waals surface area contributed by atoms with E-state index >= 15 is 0 Å². The maximum Gasteiger partial charge on any atom is 0.119 e. The summed E-state index contributed by atoms with van der Waals surface area (Å²) in [5.74, 6) is 0.863. The lowest BCUT2D eigenvalue weighted by molar-refractivity contribution is 0.114. The molecule has 2 N–H and O–H groups in total. The molecule has 94 valence electrons. The van der Waals surface area contributed by atoms with Crippen LogP contribution < -0.4 is 10.1 Å². The van der Waals surface area contributed by atoms with Crippen LogP contribution in [0.1, 0.15) is 25.3 Å². The number of nitrogens with one attached hydrogen (secondary N) is 1. The van der Waals surface area contributed by atoms with Crippen molar-refractivity contribution in [3.8, 4) is 5.75 Å². The molecule has 1 unspecified atom stereocenters. The average Bonchev–Trinajstić information content (AvgIpc) is 3.11. The van der Waals surface area contributed by atoms with Crippen LogP contribution in [-0.4, -0.2) is 29.9 Å². The highest BCUT2D eigenvalue weighted by atomic mass is 16.5. The quantitative estimate of drug-likeness (QED) is 0.791. The first-order valence-electron chi connectivity index (χ1n) is 6.19. The topological polar surface area (TPSA) is 41.5 Å². The van der Waals surface area contributed by atoms with E-state index in [2.05, 4.69) is 5.32 Å². The fraction of sp³-hybridized carbons (Fsp3) is 0.571. The largest absolute Gasteiger partial charge is 0.492 e. The summed E-state index contributed by atoms with van der Waals surface area (Å²) in [7, 11) is 0. The van der Waals surface area contributed by atoms with Gasteiger partial charge in [0.1, 0.15) is 12.4 Å². The second-order valence-corrected chi connectivity index (χ2v) is 5.24. The molecule has 1 saturated carbocycles. The van der Waals surface area contributed by atoms with Crippen LogP contribution in [0.3, 0.4) is 0 Å². The third-order valence-corrected chi connectivity index (χ3v) is 3.03. The molecule has 2 rings (SSSR count). The van der Waals surface area contributed by atoms with E-state index in [-0.39, 0.29) is 12.1 Å². The van der Waals surface area contributed by atoms with Crippen LogP contribution >= 0.6 is 0 Å². The summed E-state index contributed by atoms with van der Waals surface area (Å²) in [5.41, 5.74) is 0.841. The molecule has 0 aliphatic heterocycles. The van der Waals surface area contributed by atoms with E-state index in [1.165, 1.54) is 18.4 Å². The van der Waals surface area contributed by atoms with Gasteiger partial charge < -0.3 is 15.2 Å². The number of aliphatic hydroxyl groups is 1. The molecule has 0 amide bonds. The first-order chi connectivity index (χ1) is 8.11. The van der Waals surface area contributed by atoms with E-state index in [9.17, 15) is 5.11 Å². The van der Waals surface area contributed by atoms with Gasteiger partial charge in [0.2, 0.25) is 0 Å². The molecule has 0 radical (unpaired) electrons. The molecule has 1 aromatic rings. The summed E-state index contributed by atoms with van der Waals surface area (Å²) in [4.78, 5) is 0. The molecule has 1 aliphatic carbocycles. The molecule has 0 spiro atoms. The minimum atomic E-state index is -0.342. The number of ether oxygens (including phenoxy) is 1. The Hall–Kier alpha value is -1.06. The molecule has 3 heteroatoms. The van der Waals surface area contributed by atoms with Crippen LogP contribution in [0.15, 0.2) is 24.3 Å². The molecule has 1 aliphatic rings. The van der Waals surface area contributed by atoms with E-state index < -0.39 is 0 Å². The van der Waals surface area contributed by atoms with Crippen molar-refractivity contribution in [2.75, 3.05) is 13.2 Å². The van der Waals surface area contributed by atoms with Gasteiger partial charge in [-0.25, -0.2) is 0 Å². The smallest absolute Gasteiger partial charge is 0.119 e. The highest BCUT2D eigenvalue weighted by Crippen LogP contribution is 2.23. The molecule has 0 saturated heterocycles. The Morgan fingerprint density at radius 2 is 2.24 bits per heavy atom. The predicted molar refractivity (Wildman–Crippen MR) is 68.3 cm³/mol. The van der Waals surface area contributed by atoms with E-state index in [0.29, 0.717) is 12.6 Å². The van der Waals surface area contributed by atoms with Crippen LogP contribution in [0.25, 0.3) is 0 Å². The van der Waals surface area contributed by atoms with Gasteiger partial charge in [0, 0.05) is 6.04 Å². The summed E-state index contributed by atoms with van der Waals surface area (Å²) in [6.07, 6.45) is 2.42. The Balaban J connectivity index is 1.90. The molecule has 17 heavy (non-hydrogen) atoms. The van der Waals surface area contributed by atoms with Crippen LogP contribution in [0, 0.1) is 6.92 Å². The van der Waals surface area contributed by atoms with E-state index in [1.807, 2.05) is 38.1 Å². The molecule has 1 atom stereocenters. The molecule has 1 aromatic carbocycles. The van der Waals surface area contributed by atoms with Gasteiger partial charge >= 0.3 is 0 Å². The van der Waals surface area contributed by atoms with Gasteiger partial charge in [0.25, 0.3) is 0 Å². The van der Waals surface area contributed by atoms with Gasteiger partial charge in [0.05, 0.1) is 12.1 Å². The molecule has 0 bridgehead atoms. The lowest BCUT2D eigenvalue weighted by Crippen LogP contribution is -2.51. The number of benzene rings is 1. The van der Waals surface area contributed by atoms with E-state index in [0.717, 1.165) is 5.75 Å². The van der Waals surface area contributed by atoms with Gasteiger partial charge in [-0.15, -0.1) is 0 Å². The van der Waals surface area contributed by atoms with Crippen molar-refractivity contribution in [3.05, 3.63) is 29.8 Å². The van der Waals surface area contributed by atoms with Gasteiger partial charge in [-0.05, 0) is 44.4 Å². The Labute approximate surface area is 103 Å². The van der Waals surface area contributed by atoms with Gasteiger partial charge in [-0.1, -0.05) is 12.1 Å². The zero-order chi connectivity index (χ0) is 12.3. The minimum Gasteiger partial charge on any atom is -0.492 e. The highest BCUT2D eigenvalue weighted by Gasteiger charge is 2.32. The van der Waals surface area contributed by atoms with Crippen molar-refractivity contribution >= 4 is 0 Å². The van der Waals surface area contributed by atoms with Crippen molar-refractivity contribution in [1.82, 2.24) is 5.32 Å². The first-order valence-corrected chi connectivity index (χ1v) is 6.19. The lowest BCUT2D eigenvalue weighted by Gasteiger charge is -2.28. The second kappa shape index (κ2) is 5.07. The molecular formula is C14H21NO2. The van der Waals surface area contributed by atoms with Crippen molar-refractivity contribution in [2.24, 2.45) is 0 Å². The molecule has 0 aromatic heterocycles. The van der Waals surface area contributed by atoms with Crippen molar-refractivity contribution in [3.63, 3.8) is 0 Å². The van der Waals surface area contributed by atoms with E-state index in [1.54, 1.807) is 0 Å². The fourth-order valence-electron chi connectivity index (χ4n) is 1.80. The van der Waals surface area contributed by atoms with Gasteiger partial charge in [-0.3, -0.25) is 0 Å². The zero-order valence-electron chi connectivity index (χ0n) is 10.6. The standard InChI is InChI=1S/C14H21NO2/c1-11-4-3-5-13(8-11)17-10-14(2,9-16)15-12-6-7-12/h3-5,8,12,15-16H,6-7,9-10H2,1-2H3. The van der Waals surface area contributed by atoms with Crippen LogP contribution in [0.4, 0.5) is 0 Å². The molecule has 0 heterocycles.